The predicted octanol–water partition coefficient (Wildman–Crippen LogP) is 1.58. The molecule has 0 N–H and O–H groups in total. The van der Waals surface area contributed by atoms with E-state index in [2.05, 4.69) is 18.1 Å². The average Bonchev–Trinajstić information content (AvgIpc) is 1.75. The SMILES string of the molecule is C#C.C#CSCC. The molecule has 0 aliphatic heterocycles. The minimum atomic E-state index is 1.02. The van der Waals surface area contributed by atoms with Gasteiger partial charge in [0.1, 0.15) is 0 Å². The molecule has 0 bridgehead atoms. The first-order valence-corrected chi connectivity index (χ1v) is 2.81. The summed E-state index contributed by atoms with van der Waals surface area (Å²) in [6, 6.07) is 0. The van der Waals surface area contributed by atoms with E-state index in [1.165, 1.54) is 11.8 Å². The molecule has 0 aliphatic rings. The van der Waals surface area contributed by atoms with Crippen molar-refractivity contribution in [3.63, 3.8) is 0 Å². The van der Waals surface area contributed by atoms with Gasteiger partial charge in [-0.05, 0) is 5.25 Å². The summed E-state index contributed by atoms with van der Waals surface area (Å²) in [4.78, 5) is 0. The van der Waals surface area contributed by atoms with Gasteiger partial charge in [0.05, 0.1) is 0 Å². The zero-order valence-corrected chi connectivity index (χ0v) is 5.16. The Bertz CT molecular complexity index is 66.0. The van der Waals surface area contributed by atoms with Crippen LogP contribution in [0.2, 0.25) is 0 Å². The third kappa shape index (κ3) is 30.5. The highest BCUT2D eigenvalue weighted by molar-refractivity contribution is 8.03. The summed E-state index contributed by atoms with van der Waals surface area (Å²) in [6.45, 7) is 2.03. The van der Waals surface area contributed by atoms with E-state index in [9.17, 15) is 0 Å². The third-order valence-corrected chi connectivity index (χ3v) is 0.683. The lowest BCUT2D eigenvalue weighted by Crippen LogP contribution is -1.52. The maximum Gasteiger partial charge on any atom is 0.00281 e. The topological polar surface area (TPSA) is 0 Å². The van der Waals surface area contributed by atoms with E-state index in [4.69, 9.17) is 6.42 Å². The van der Waals surface area contributed by atoms with Crippen molar-refractivity contribution in [1.82, 2.24) is 0 Å². The second kappa shape index (κ2) is 17.9. The second-order valence-corrected chi connectivity index (χ2v) is 1.65. The zero-order chi connectivity index (χ0) is 6.12. The van der Waals surface area contributed by atoms with Crippen LogP contribution in [-0.2, 0) is 0 Å². The van der Waals surface area contributed by atoms with Gasteiger partial charge in [0.2, 0.25) is 0 Å². The molecule has 0 radical (unpaired) electrons. The first-order chi connectivity index (χ1) is 3.41. The van der Waals surface area contributed by atoms with Crippen LogP contribution in [-0.4, -0.2) is 5.75 Å². The second-order valence-electron chi connectivity index (χ2n) is 0.551. The van der Waals surface area contributed by atoms with Gasteiger partial charge < -0.3 is 0 Å². The molecule has 7 heavy (non-hydrogen) atoms. The summed E-state index contributed by atoms with van der Waals surface area (Å²) in [5.41, 5.74) is 0. The van der Waals surface area contributed by atoms with Crippen molar-refractivity contribution in [1.29, 1.82) is 0 Å². The summed E-state index contributed by atoms with van der Waals surface area (Å²) in [7, 11) is 0. The Kier molecular flexibility index (Phi) is 24.8. The molecule has 0 aromatic rings. The van der Waals surface area contributed by atoms with Crippen molar-refractivity contribution in [3.8, 4) is 24.5 Å². The molecule has 0 nitrogen and oxygen atoms in total. The van der Waals surface area contributed by atoms with Gasteiger partial charge in [0.15, 0.2) is 0 Å². The molecule has 0 atom stereocenters. The molecule has 0 unspecified atom stereocenters. The molecule has 0 fully saturated rings. The number of rotatable bonds is 1. The van der Waals surface area contributed by atoms with Crippen molar-refractivity contribution >= 4 is 11.8 Å². The Balaban J connectivity index is 0. The highest BCUT2D eigenvalue weighted by Gasteiger charge is 1.61. The van der Waals surface area contributed by atoms with Crippen molar-refractivity contribution in [3.05, 3.63) is 0 Å². The predicted molar refractivity (Wildman–Crippen MR) is 36.9 cm³/mol. The van der Waals surface area contributed by atoms with E-state index < -0.39 is 0 Å². The van der Waals surface area contributed by atoms with Crippen molar-refractivity contribution < 1.29 is 0 Å². The fraction of sp³-hybridized carbons (Fsp3) is 0.333. The molecular weight excluding hydrogens is 104 g/mol. The van der Waals surface area contributed by atoms with Gasteiger partial charge in [-0.3, -0.25) is 0 Å². The fourth-order valence-electron chi connectivity index (χ4n) is 0.0833. The van der Waals surface area contributed by atoms with Gasteiger partial charge in [-0.1, -0.05) is 18.7 Å². The van der Waals surface area contributed by atoms with Gasteiger partial charge >= 0.3 is 0 Å². The van der Waals surface area contributed by atoms with Crippen LogP contribution in [0.4, 0.5) is 0 Å². The molecule has 0 saturated heterocycles. The maximum atomic E-state index is 4.85. The van der Waals surface area contributed by atoms with Gasteiger partial charge in [0.25, 0.3) is 0 Å². The highest BCUT2D eigenvalue weighted by Crippen LogP contribution is 1.89. The van der Waals surface area contributed by atoms with Crippen LogP contribution in [0.25, 0.3) is 0 Å². The monoisotopic (exact) mass is 112 g/mol. The Labute approximate surface area is 49.7 Å². The number of terminal acetylenes is 2. The number of thioether (sulfide) groups is 1. The summed E-state index contributed by atoms with van der Waals surface area (Å²) in [5, 5.41) is 2.43. The fourth-order valence-corrected chi connectivity index (χ4v) is 0.250. The summed E-state index contributed by atoms with van der Waals surface area (Å²) in [6.07, 6.45) is 12.9. The molecule has 0 aliphatic carbocycles. The number of hydrogen-bond donors (Lipinski definition) is 0. The van der Waals surface area contributed by atoms with E-state index in [-0.39, 0.29) is 0 Å². The third-order valence-electron chi connectivity index (χ3n) is 0.228. The van der Waals surface area contributed by atoms with Crippen LogP contribution in [0.3, 0.4) is 0 Å². The first-order valence-electron chi connectivity index (χ1n) is 1.82. The molecule has 0 saturated carbocycles. The van der Waals surface area contributed by atoms with E-state index in [0.29, 0.717) is 0 Å². The Morgan fingerprint density at radius 1 is 1.57 bits per heavy atom. The molecule has 0 spiro atoms. The Hall–Kier alpha value is -0.530. The lowest BCUT2D eigenvalue weighted by Gasteiger charge is -1.69. The Morgan fingerprint density at radius 3 is 2.00 bits per heavy atom. The first kappa shape index (κ1) is 9.69. The molecule has 38 valence electrons. The van der Waals surface area contributed by atoms with E-state index in [1.54, 1.807) is 0 Å². The van der Waals surface area contributed by atoms with E-state index >= 15 is 0 Å². The van der Waals surface area contributed by atoms with Crippen LogP contribution in [0, 0.1) is 24.5 Å². The standard InChI is InChI=1S/C4H6S.C2H2/c1-3-5-4-2;1-2/h1H,4H2,2H3;1-2H. The normalized spacial score (nSPS) is 4.86. The number of hydrogen-bond acceptors (Lipinski definition) is 1. The van der Waals surface area contributed by atoms with E-state index in [1.807, 2.05) is 6.92 Å². The van der Waals surface area contributed by atoms with E-state index in [0.717, 1.165) is 5.75 Å². The van der Waals surface area contributed by atoms with Crippen LogP contribution in [0.15, 0.2) is 0 Å². The van der Waals surface area contributed by atoms with Crippen LogP contribution >= 0.6 is 11.8 Å². The zero-order valence-electron chi connectivity index (χ0n) is 4.35. The van der Waals surface area contributed by atoms with Gasteiger partial charge in [0, 0.05) is 5.75 Å². The largest absolute Gasteiger partial charge is 0.124 e. The quantitative estimate of drug-likeness (QED) is 0.464. The van der Waals surface area contributed by atoms with Gasteiger partial charge in [-0.25, -0.2) is 0 Å². The minimum absolute atomic E-state index is 1.02. The molecule has 0 aromatic carbocycles. The van der Waals surface area contributed by atoms with Gasteiger partial charge in [-0.2, -0.15) is 0 Å². The lowest BCUT2D eigenvalue weighted by molar-refractivity contribution is 1.54. The van der Waals surface area contributed by atoms with Crippen molar-refractivity contribution in [2.45, 2.75) is 6.92 Å². The lowest BCUT2D eigenvalue weighted by atomic mass is 11.0. The van der Waals surface area contributed by atoms with Crippen LogP contribution in [0.1, 0.15) is 6.92 Å². The van der Waals surface area contributed by atoms with Crippen LogP contribution < -0.4 is 0 Å². The molecule has 0 aromatic heterocycles. The highest BCUT2D eigenvalue weighted by atomic mass is 32.2. The molecule has 0 amide bonds. The smallest absolute Gasteiger partial charge is 0.00281 e. The summed E-state index contributed by atoms with van der Waals surface area (Å²) >= 11 is 1.49. The van der Waals surface area contributed by atoms with Crippen molar-refractivity contribution in [2.75, 3.05) is 5.75 Å². The molecule has 1 heteroatoms. The minimum Gasteiger partial charge on any atom is -0.124 e. The summed E-state index contributed by atoms with van der Waals surface area (Å²) < 4.78 is 0. The Morgan fingerprint density at radius 2 is 2.00 bits per heavy atom. The average molecular weight is 112 g/mol. The van der Waals surface area contributed by atoms with Crippen molar-refractivity contribution in [2.24, 2.45) is 0 Å². The summed E-state index contributed by atoms with van der Waals surface area (Å²) in [5.74, 6) is 1.02. The maximum absolute atomic E-state index is 4.85. The molecule has 0 rings (SSSR count). The molecular formula is C6H8S. The molecule has 0 heterocycles. The van der Waals surface area contributed by atoms with Crippen LogP contribution in [0.5, 0.6) is 0 Å². The van der Waals surface area contributed by atoms with Gasteiger partial charge in [-0.15, -0.1) is 19.3 Å².